The average Bonchev–Trinajstić information content (AvgIpc) is 2.95. The number of hydrogen-bond donors (Lipinski definition) is 1. The van der Waals surface area contributed by atoms with Crippen LogP contribution in [0.2, 0.25) is 5.02 Å². The summed E-state index contributed by atoms with van der Waals surface area (Å²) in [5.41, 5.74) is 0.475. The third kappa shape index (κ3) is 3.37. The van der Waals surface area contributed by atoms with Gasteiger partial charge in [0.25, 0.3) is 5.89 Å². The SMILES string of the molecule is Oc1cc(Cl)ccc1-c1nc(CSc2ccccc2)no1. The molecule has 0 unspecified atom stereocenters. The minimum atomic E-state index is 0.0217. The van der Waals surface area contributed by atoms with E-state index in [0.717, 1.165) is 4.90 Å². The van der Waals surface area contributed by atoms with E-state index in [0.29, 0.717) is 22.2 Å². The summed E-state index contributed by atoms with van der Waals surface area (Å²) in [6.45, 7) is 0. The number of hydrogen-bond acceptors (Lipinski definition) is 5. The molecule has 0 spiro atoms. The third-order valence-electron chi connectivity index (χ3n) is 2.77. The van der Waals surface area contributed by atoms with Crippen LogP contribution in [0.15, 0.2) is 57.9 Å². The number of aromatic nitrogens is 2. The predicted octanol–water partition coefficient (Wildman–Crippen LogP) is 4.39. The molecule has 0 aliphatic rings. The Bertz CT molecular complexity index is 746. The van der Waals surface area contributed by atoms with E-state index in [1.165, 1.54) is 6.07 Å². The number of aromatic hydroxyl groups is 1. The number of phenols is 1. The number of benzene rings is 2. The first-order valence-corrected chi connectivity index (χ1v) is 7.58. The Balaban J connectivity index is 1.74. The molecular formula is C15H11ClN2O2S. The zero-order valence-electron chi connectivity index (χ0n) is 10.9. The van der Waals surface area contributed by atoms with Crippen molar-refractivity contribution in [3.05, 3.63) is 59.4 Å². The molecule has 3 rings (SSSR count). The fourth-order valence-electron chi connectivity index (χ4n) is 1.77. The largest absolute Gasteiger partial charge is 0.507 e. The molecule has 3 aromatic rings. The Labute approximate surface area is 130 Å². The van der Waals surface area contributed by atoms with E-state index in [9.17, 15) is 5.11 Å². The zero-order valence-corrected chi connectivity index (χ0v) is 12.4. The average molecular weight is 319 g/mol. The molecule has 4 nitrogen and oxygen atoms in total. The van der Waals surface area contributed by atoms with E-state index in [-0.39, 0.29) is 11.6 Å². The number of rotatable bonds is 4. The number of thioether (sulfide) groups is 1. The van der Waals surface area contributed by atoms with Gasteiger partial charge in [-0.15, -0.1) is 11.8 Å². The summed E-state index contributed by atoms with van der Waals surface area (Å²) in [6, 6.07) is 14.7. The molecule has 0 bridgehead atoms. The molecule has 0 atom stereocenters. The molecule has 0 aliphatic heterocycles. The molecule has 1 heterocycles. The molecule has 21 heavy (non-hydrogen) atoms. The molecule has 0 amide bonds. The molecule has 2 aromatic carbocycles. The first-order valence-electron chi connectivity index (χ1n) is 6.22. The van der Waals surface area contributed by atoms with Gasteiger partial charge in [0.2, 0.25) is 0 Å². The van der Waals surface area contributed by atoms with E-state index in [2.05, 4.69) is 10.1 Å². The second-order valence-electron chi connectivity index (χ2n) is 4.28. The number of phenolic OH excluding ortho intramolecular Hbond substituents is 1. The Morgan fingerprint density at radius 1 is 1.14 bits per heavy atom. The van der Waals surface area contributed by atoms with Crippen LogP contribution < -0.4 is 0 Å². The monoisotopic (exact) mass is 318 g/mol. The van der Waals surface area contributed by atoms with Crippen molar-refractivity contribution in [2.75, 3.05) is 0 Å². The topological polar surface area (TPSA) is 59.2 Å². The Morgan fingerprint density at radius 3 is 2.71 bits per heavy atom. The van der Waals surface area contributed by atoms with Gasteiger partial charge in [0.15, 0.2) is 5.82 Å². The fourth-order valence-corrected chi connectivity index (χ4v) is 2.70. The highest BCUT2D eigenvalue weighted by molar-refractivity contribution is 7.98. The predicted molar refractivity (Wildman–Crippen MR) is 82.4 cm³/mol. The van der Waals surface area contributed by atoms with Crippen LogP contribution in [0.4, 0.5) is 0 Å². The molecule has 0 fully saturated rings. The summed E-state index contributed by atoms with van der Waals surface area (Å²) in [4.78, 5) is 5.42. The van der Waals surface area contributed by atoms with Crippen molar-refractivity contribution in [2.45, 2.75) is 10.6 Å². The molecule has 0 saturated heterocycles. The Morgan fingerprint density at radius 2 is 1.95 bits per heavy atom. The molecule has 106 valence electrons. The van der Waals surface area contributed by atoms with Crippen molar-refractivity contribution < 1.29 is 9.63 Å². The molecule has 1 aromatic heterocycles. The van der Waals surface area contributed by atoms with Gasteiger partial charge in [-0.25, -0.2) is 0 Å². The summed E-state index contributed by atoms with van der Waals surface area (Å²) < 4.78 is 5.18. The van der Waals surface area contributed by atoms with Gasteiger partial charge < -0.3 is 9.63 Å². The highest BCUT2D eigenvalue weighted by atomic mass is 35.5. The summed E-state index contributed by atoms with van der Waals surface area (Å²) in [5.74, 6) is 1.48. The van der Waals surface area contributed by atoms with Crippen molar-refractivity contribution in [3.63, 3.8) is 0 Å². The highest BCUT2D eigenvalue weighted by Gasteiger charge is 2.13. The van der Waals surface area contributed by atoms with Gasteiger partial charge in [-0.2, -0.15) is 4.98 Å². The van der Waals surface area contributed by atoms with Crippen LogP contribution in [0.1, 0.15) is 5.82 Å². The lowest BCUT2D eigenvalue weighted by atomic mass is 10.2. The molecule has 0 saturated carbocycles. The maximum absolute atomic E-state index is 9.84. The van der Waals surface area contributed by atoms with Gasteiger partial charge in [0.05, 0.1) is 11.3 Å². The first kappa shape index (κ1) is 14.0. The van der Waals surface area contributed by atoms with Gasteiger partial charge in [-0.1, -0.05) is 35.0 Å². The van der Waals surface area contributed by atoms with Crippen molar-refractivity contribution >= 4 is 23.4 Å². The second kappa shape index (κ2) is 6.20. The lowest BCUT2D eigenvalue weighted by Crippen LogP contribution is -1.84. The fraction of sp³-hybridized carbons (Fsp3) is 0.0667. The van der Waals surface area contributed by atoms with Gasteiger partial charge in [-0.05, 0) is 30.3 Å². The molecule has 6 heteroatoms. The second-order valence-corrected chi connectivity index (χ2v) is 5.76. The molecular weight excluding hydrogens is 308 g/mol. The zero-order chi connectivity index (χ0) is 14.7. The quantitative estimate of drug-likeness (QED) is 0.723. The van der Waals surface area contributed by atoms with Crippen LogP contribution in [0.3, 0.4) is 0 Å². The maximum atomic E-state index is 9.84. The number of nitrogens with zero attached hydrogens (tertiary/aromatic N) is 2. The van der Waals surface area contributed by atoms with Crippen LogP contribution in [-0.2, 0) is 5.75 Å². The van der Waals surface area contributed by atoms with Gasteiger partial charge in [0.1, 0.15) is 5.75 Å². The van der Waals surface area contributed by atoms with Crippen molar-refractivity contribution in [2.24, 2.45) is 0 Å². The van der Waals surface area contributed by atoms with Crippen LogP contribution in [0.5, 0.6) is 5.75 Å². The Kier molecular flexibility index (Phi) is 4.13. The van der Waals surface area contributed by atoms with Crippen molar-refractivity contribution in [1.29, 1.82) is 0 Å². The minimum Gasteiger partial charge on any atom is -0.507 e. The van der Waals surface area contributed by atoms with Gasteiger partial charge >= 0.3 is 0 Å². The summed E-state index contributed by atoms with van der Waals surface area (Å²) >= 11 is 7.42. The minimum absolute atomic E-state index is 0.0217. The highest BCUT2D eigenvalue weighted by Crippen LogP contribution is 2.31. The lowest BCUT2D eigenvalue weighted by Gasteiger charge is -1.99. The molecule has 0 radical (unpaired) electrons. The number of halogens is 1. The standard InChI is InChI=1S/C15H11ClN2O2S/c16-10-6-7-12(13(19)8-10)15-17-14(18-20-15)9-21-11-4-2-1-3-5-11/h1-8,19H,9H2. The van der Waals surface area contributed by atoms with E-state index >= 15 is 0 Å². The van der Waals surface area contributed by atoms with Gasteiger partial charge in [-0.3, -0.25) is 0 Å². The van der Waals surface area contributed by atoms with Crippen molar-refractivity contribution in [1.82, 2.24) is 10.1 Å². The van der Waals surface area contributed by atoms with Crippen molar-refractivity contribution in [3.8, 4) is 17.2 Å². The Hall–Kier alpha value is -1.98. The summed E-state index contributed by atoms with van der Waals surface area (Å²) in [5, 5.41) is 14.2. The summed E-state index contributed by atoms with van der Waals surface area (Å²) in [7, 11) is 0. The normalized spacial score (nSPS) is 10.7. The lowest BCUT2D eigenvalue weighted by molar-refractivity contribution is 0.419. The molecule has 0 aliphatic carbocycles. The van der Waals surface area contributed by atoms with Crippen LogP contribution in [0.25, 0.3) is 11.5 Å². The van der Waals surface area contributed by atoms with Crippen LogP contribution in [0, 0.1) is 0 Å². The van der Waals surface area contributed by atoms with E-state index < -0.39 is 0 Å². The van der Waals surface area contributed by atoms with Crippen LogP contribution >= 0.6 is 23.4 Å². The van der Waals surface area contributed by atoms with E-state index in [1.54, 1.807) is 23.9 Å². The molecule has 1 N–H and O–H groups in total. The van der Waals surface area contributed by atoms with Crippen LogP contribution in [-0.4, -0.2) is 15.2 Å². The third-order valence-corrected chi connectivity index (χ3v) is 4.01. The van der Waals surface area contributed by atoms with E-state index in [1.807, 2.05) is 30.3 Å². The van der Waals surface area contributed by atoms with E-state index in [4.69, 9.17) is 16.1 Å². The van der Waals surface area contributed by atoms with Gasteiger partial charge in [0, 0.05) is 9.92 Å². The summed E-state index contributed by atoms with van der Waals surface area (Å²) in [6.07, 6.45) is 0. The maximum Gasteiger partial charge on any atom is 0.261 e. The smallest absolute Gasteiger partial charge is 0.261 e. The first-order chi connectivity index (χ1) is 10.2.